The van der Waals surface area contributed by atoms with E-state index in [1.807, 2.05) is 0 Å². The van der Waals surface area contributed by atoms with E-state index in [1.165, 1.54) is 238 Å². The lowest BCUT2D eigenvalue weighted by Gasteiger charge is -2.18. The standard InChI is InChI=1S/C64H124O6/c1-7-60(6)52-46-40-33-29-25-21-17-13-9-11-15-19-23-27-31-35-42-48-54-63(66)69-57-61(70-64(67)55-49-43-37-36-39-45-51-59(4)5)56-68-62(65)53-47-41-34-30-26-22-18-14-10-8-12-16-20-24-28-32-38-44-50-58(2)3/h58-61H,7-57H2,1-6H3/t60?,61-/m1/s1. The maximum atomic E-state index is 12.8. The summed E-state index contributed by atoms with van der Waals surface area (Å²) in [5.74, 6) is 1.68. The van der Waals surface area contributed by atoms with Crippen LogP contribution in [-0.2, 0) is 28.6 Å². The molecule has 0 aliphatic rings. The molecular formula is C64H124O6. The van der Waals surface area contributed by atoms with E-state index in [-0.39, 0.29) is 31.1 Å². The molecular weight excluding hydrogens is 865 g/mol. The van der Waals surface area contributed by atoms with Crippen molar-refractivity contribution in [1.82, 2.24) is 0 Å². The zero-order valence-electron chi connectivity index (χ0n) is 48.3. The van der Waals surface area contributed by atoms with Crippen molar-refractivity contribution < 1.29 is 28.6 Å². The third-order valence-corrected chi connectivity index (χ3v) is 15.0. The van der Waals surface area contributed by atoms with Gasteiger partial charge in [-0.2, -0.15) is 0 Å². The number of hydrogen-bond acceptors (Lipinski definition) is 6. The highest BCUT2D eigenvalue weighted by Crippen LogP contribution is 2.19. The fraction of sp³-hybridized carbons (Fsp3) is 0.953. The van der Waals surface area contributed by atoms with Crippen molar-refractivity contribution in [2.45, 2.75) is 362 Å². The molecule has 416 valence electrons. The summed E-state index contributed by atoms with van der Waals surface area (Å²) < 4.78 is 16.9. The van der Waals surface area contributed by atoms with Crippen LogP contribution >= 0.6 is 0 Å². The minimum absolute atomic E-state index is 0.0642. The van der Waals surface area contributed by atoms with Crippen LogP contribution in [0, 0.1) is 17.8 Å². The summed E-state index contributed by atoms with van der Waals surface area (Å²) in [4.78, 5) is 38.2. The van der Waals surface area contributed by atoms with Gasteiger partial charge in [-0.25, -0.2) is 0 Å². The van der Waals surface area contributed by atoms with Gasteiger partial charge in [0.05, 0.1) is 0 Å². The van der Waals surface area contributed by atoms with E-state index in [0.717, 1.165) is 75.5 Å². The highest BCUT2D eigenvalue weighted by molar-refractivity contribution is 5.71. The van der Waals surface area contributed by atoms with E-state index in [9.17, 15) is 14.4 Å². The fourth-order valence-corrected chi connectivity index (χ4v) is 9.85. The molecule has 0 aromatic heterocycles. The molecule has 2 atom stereocenters. The summed E-state index contributed by atoms with van der Waals surface area (Å²) in [6.45, 7) is 13.8. The molecule has 0 fully saturated rings. The topological polar surface area (TPSA) is 78.9 Å². The minimum atomic E-state index is -0.764. The lowest BCUT2D eigenvalue weighted by Crippen LogP contribution is -2.30. The summed E-state index contributed by atoms with van der Waals surface area (Å²) >= 11 is 0. The molecule has 0 aromatic carbocycles. The van der Waals surface area contributed by atoms with Crippen LogP contribution in [0.5, 0.6) is 0 Å². The maximum absolute atomic E-state index is 12.8. The number of unbranched alkanes of at least 4 members (excludes halogenated alkanes) is 39. The van der Waals surface area contributed by atoms with Gasteiger partial charge in [0, 0.05) is 19.3 Å². The van der Waals surface area contributed by atoms with Crippen molar-refractivity contribution >= 4 is 17.9 Å². The molecule has 70 heavy (non-hydrogen) atoms. The molecule has 0 heterocycles. The van der Waals surface area contributed by atoms with Crippen LogP contribution in [0.1, 0.15) is 356 Å². The van der Waals surface area contributed by atoms with Gasteiger partial charge in [-0.15, -0.1) is 0 Å². The molecule has 0 spiro atoms. The molecule has 0 rings (SSSR count). The first kappa shape index (κ1) is 68.4. The molecule has 6 nitrogen and oxygen atoms in total. The van der Waals surface area contributed by atoms with E-state index in [4.69, 9.17) is 14.2 Å². The van der Waals surface area contributed by atoms with Crippen molar-refractivity contribution in [3.8, 4) is 0 Å². The quantitative estimate of drug-likeness (QED) is 0.0343. The van der Waals surface area contributed by atoms with Gasteiger partial charge in [-0.05, 0) is 37.0 Å². The number of carbonyl (C=O) groups is 3. The van der Waals surface area contributed by atoms with E-state index < -0.39 is 6.10 Å². The number of carbonyl (C=O) groups excluding carboxylic acids is 3. The second-order valence-electron chi connectivity index (χ2n) is 23.2. The van der Waals surface area contributed by atoms with Crippen LogP contribution in [0.25, 0.3) is 0 Å². The monoisotopic (exact) mass is 989 g/mol. The van der Waals surface area contributed by atoms with Crippen LogP contribution in [0.3, 0.4) is 0 Å². The highest BCUT2D eigenvalue weighted by Gasteiger charge is 2.19. The first-order valence-electron chi connectivity index (χ1n) is 31.6. The third-order valence-electron chi connectivity index (χ3n) is 15.0. The molecule has 6 heteroatoms. The Morgan fingerprint density at radius 2 is 0.500 bits per heavy atom. The Morgan fingerprint density at radius 1 is 0.286 bits per heavy atom. The number of esters is 3. The van der Waals surface area contributed by atoms with Gasteiger partial charge in [-0.1, -0.05) is 318 Å². The van der Waals surface area contributed by atoms with E-state index in [0.29, 0.717) is 19.3 Å². The number of rotatable bonds is 57. The Labute approximate surface area is 438 Å². The Hall–Kier alpha value is -1.59. The van der Waals surface area contributed by atoms with Crippen molar-refractivity contribution in [2.75, 3.05) is 13.2 Å². The molecule has 0 N–H and O–H groups in total. The van der Waals surface area contributed by atoms with E-state index in [1.54, 1.807) is 0 Å². The van der Waals surface area contributed by atoms with Gasteiger partial charge in [0.1, 0.15) is 13.2 Å². The molecule has 0 aromatic rings. The zero-order valence-corrected chi connectivity index (χ0v) is 48.3. The smallest absolute Gasteiger partial charge is 0.306 e. The van der Waals surface area contributed by atoms with E-state index >= 15 is 0 Å². The minimum Gasteiger partial charge on any atom is -0.462 e. The highest BCUT2D eigenvalue weighted by atomic mass is 16.6. The second kappa shape index (κ2) is 55.2. The maximum Gasteiger partial charge on any atom is 0.306 e. The van der Waals surface area contributed by atoms with Gasteiger partial charge >= 0.3 is 17.9 Å². The predicted octanol–water partition coefficient (Wildman–Crippen LogP) is 21.1. The van der Waals surface area contributed by atoms with Crippen molar-refractivity contribution in [2.24, 2.45) is 17.8 Å². The molecule has 0 saturated carbocycles. The largest absolute Gasteiger partial charge is 0.462 e. The number of hydrogen-bond donors (Lipinski definition) is 0. The normalized spacial score (nSPS) is 12.5. The van der Waals surface area contributed by atoms with Gasteiger partial charge in [0.2, 0.25) is 0 Å². The molecule has 0 saturated heterocycles. The number of ether oxygens (including phenoxy) is 3. The Morgan fingerprint density at radius 3 is 0.743 bits per heavy atom. The fourth-order valence-electron chi connectivity index (χ4n) is 9.85. The Balaban J connectivity index is 4.12. The molecule has 0 radical (unpaired) electrons. The summed E-state index contributed by atoms with van der Waals surface area (Å²) in [6, 6.07) is 0. The molecule has 0 bridgehead atoms. The van der Waals surface area contributed by atoms with Crippen LogP contribution in [0.15, 0.2) is 0 Å². The predicted molar refractivity (Wildman–Crippen MR) is 303 cm³/mol. The summed E-state index contributed by atoms with van der Waals surface area (Å²) in [5.41, 5.74) is 0. The van der Waals surface area contributed by atoms with Gasteiger partial charge < -0.3 is 14.2 Å². The third kappa shape index (κ3) is 55.7. The molecule has 1 unspecified atom stereocenters. The Bertz CT molecular complexity index is 1090. The first-order valence-corrected chi connectivity index (χ1v) is 31.6. The Kier molecular flexibility index (Phi) is 53.9. The van der Waals surface area contributed by atoms with Crippen LogP contribution in [-0.4, -0.2) is 37.2 Å². The van der Waals surface area contributed by atoms with Crippen molar-refractivity contribution in [3.05, 3.63) is 0 Å². The van der Waals surface area contributed by atoms with Crippen molar-refractivity contribution in [1.29, 1.82) is 0 Å². The van der Waals surface area contributed by atoms with Crippen LogP contribution in [0.4, 0.5) is 0 Å². The lowest BCUT2D eigenvalue weighted by molar-refractivity contribution is -0.167. The van der Waals surface area contributed by atoms with Crippen LogP contribution in [0.2, 0.25) is 0 Å². The molecule has 0 aliphatic heterocycles. The second-order valence-corrected chi connectivity index (χ2v) is 23.2. The van der Waals surface area contributed by atoms with Crippen molar-refractivity contribution in [3.63, 3.8) is 0 Å². The summed E-state index contributed by atoms with van der Waals surface area (Å²) in [6.07, 6.45) is 59.8. The molecule has 0 aliphatic carbocycles. The van der Waals surface area contributed by atoms with E-state index in [2.05, 4.69) is 41.5 Å². The van der Waals surface area contributed by atoms with Crippen LogP contribution < -0.4 is 0 Å². The summed E-state index contributed by atoms with van der Waals surface area (Å²) in [5, 5.41) is 0. The lowest BCUT2D eigenvalue weighted by atomic mass is 9.99. The SMILES string of the molecule is CCC(C)CCCCCCCCCCCCCCCCCCCCC(=O)OC[C@@H](COC(=O)CCCCCCCCCCCCCCCCCCCCC(C)C)OC(=O)CCCCCCCCC(C)C. The average Bonchev–Trinajstić information content (AvgIpc) is 3.33. The van der Waals surface area contributed by atoms with Gasteiger partial charge in [-0.3, -0.25) is 14.4 Å². The molecule has 0 amide bonds. The zero-order chi connectivity index (χ0) is 51.2. The summed E-state index contributed by atoms with van der Waals surface area (Å²) in [7, 11) is 0. The average molecular weight is 990 g/mol. The van der Waals surface area contributed by atoms with Gasteiger partial charge in [0.25, 0.3) is 0 Å². The first-order chi connectivity index (χ1) is 34.1. The van der Waals surface area contributed by atoms with Gasteiger partial charge in [0.15, 0.2) is 6.10 Å².